The van der Waals surface area contributed by atoms with Crippen molar-refractivity contribution in [2.24, 2.45) is 0 Å². The van der Waals surface area contributed by atoms with E-state index in [1.165, 1.54) is 24.3 Å². The van der Waals surface area contributed by atoms with Gasteiger partial charge >= 0.3 is 10.1 Å². The summed E-state index contributed by atoms with van der Waals surface area (Å²) in [5, 5.41) is 0. The molecule has 0 aliphatic rings. The normalized spacial score (nSPS) is 11.3. The van der Waals surface area contributed by atoms with Gasteiger partial charge in [0.1, 0.15) is 16.5 Å². The molecule has 0 aromatic heterocycles. The highest BCUT2D eigenvalue weighted by Crippen LogP contribution is 2.21. The molecule has 2 rings (SSSR count). The number of rotatable bonds is 3. The van der Waals surface area contributed by atoms with Crippen molar-refractivity contribution in [3.63, 3.8) is 0 Å². The van der Waals surface area contributed by atoms with Gasteiger partial charge in [0.25, 0.3) is 0 Å². The van der Waals surface area contributed by atoms with E-state index in [0.29, 0.717) is 5.56 Å². The van der Waals surface area contributed by atoms with E-state index in [1.807, 2.05) is 6.92 Å². The van der Waals surface area contributed by atoms with Gasteiger partial charge in [-0.15, -0.1) is 0 Å². The lowest BCUT2D eigenvalue weighted by Crippen LogP contribution is -2.09. The van der Waals surface area contributed by atoms with Gasteiger partial charge in [0, 0.05) is 6.07 Å². The molecule has 0 saturated heterocycles. The third-order valence-electron chi connectivity index (χ3n) is 2.66. The first-order chi connectivity index (χ1) is 8.88. The summed E-state index contributed by atoms with van der Waals surface area (Å²) in [5.41, 5.74) is 1.38. The Morgan fingerprint density at radius 3 is 2.21 bits per heavy atom. The van der Waals surface area contributed by atoms with E-state index in [4.69, 9.17) is 4.18 Å². The molecule has 0 spiro atoms. The van der Waals surface area contributed by atoms with Gasteiger partial charge in [0.2, 0.25) is 0 Å². The predicted octanol–water partition coefficient (Wildman–Crippen LogP) is 3.21. The topological polar surface area (TPSA) is 43.4 Å². The van der Waals surface area contributed by atoms with Crippen molar-refractivity contribution < 1.29 is 17.0 Å². The highest BCUT2D eigenvalue weighted by atomic mass is 32.2. The molecule has 100 valence electrons. The largest absolute Gasteiger partial charge is 0.379 e. The Morgan fingerprint density at radius 1 is 1.00 bits per heavy atom. The maximum Gasteiger partial charge on any atom is 0.339 e. The second kappa shape index (κ2) is 5.01. The molecule has 0 bridgehead atoms. The lowest BCUT2D eigenvalue weighted by atomic mass is 10.2. The molecule has 0 N–H and O–H groups in total. The minimum atomic E-state index is -3.93. The Balaban J connectivity index is 2.30. The lowest BCUT2D eigenvalue weighted by Gasteiger charge is -2.08. The van der Waals surface area contributed by atoms with Crippen LogP contribution in [0.1, 0.15) is 11.1 Å². The Labute approximate surface area is 111 Å². The van der Waals surface area contributed by atoms with Gasteiger partial charge in [0.05, 0.1) is 0 Å². The Morgan fingerprint density at radius 2 is 1.63 bits per heavy atom. The molecular formula is C14H13FO3S. The maximum atomic E-state index is 13.3. The highest BCUT2D eigenvalue weighted by molar-refractivity contribution is 7.87. The third-order valence-corrected chi connectivity index (χ3v) is 3.92. The van der Waals surface area contributed by atoms with Crippen molar-refractivity contribution in [1.29, 1.82) is 0 Å². The molecule has 19 heavy (non-hydrogen) atoms. The first kappa shape index (κ1) is 13.5. The molecule has 0 unspecified atom stereocenters. The molecule has 3 nitrogen and oxygen atoms in total. The van der Waals surface area contributed by atoms with Crippen molar-refractivity contribution in [2.45, 2.75) is 18.7 Å². The van der Waals surface area contributed by atoms with Gasteiger partial charge in [-0.3, -0.25) is 0 Å². The summed E-state index contributed by atoms with van der Waals surface area (Å²) in [4.78, 5) is 0.0408. The van der Waals surface area contributed by atoms with Crippen LogP contribution >= 0.6 is 0 Å². The fourth-order valence-electron chi connectivity index (χ4n) is 1.51. The number of hydrogen-bond acceptors (Lipinski definition) is 3. The number of benzene rings is 2. The van der Waals surface area contributed by atoms with Crippen LogP contribution in [0.2, 0.25) is 0 Å². The van der Waals surface area contributed by atoms with Crippen LogP contribution < -0.4 is 4.18 Å². The van der Waals surface area contributed by atoms with Gasteiger partial charge < -0.3 is 4.18 Å². The van der Waals surface area contributed by atoms with Crippen LogP contribution in [0.25, 0.3) is 0 Å². The fourth-order valence-corrected chi connectivity index (χ4v) is 2.43. The van der Waals surface area contributed by atoms with Crippen molar-refractivity contribution in [3.8, 4) is 5.75 Å². The summed E-state index contributed by atoms with van der Waals surface area (Å²) in [7, 11) is -3.93. The van der Waals surface area contributed by atoms with E-state index in [9.17, 15) is 12.8 Å². The van der Waals surface area contributed by atoms with E-state index in [1.54, 1.807) is 19.1 Å². The molecule has 0 radical (unpaired) electrons. The molecule has 0 aliphatic heterocycles. The molecule has 5 heteroatoms. The maximum absolute atomic E-state index is 13.3. The van der Waals surface area contributed by atoms with Crippen LogP contribution in [-0.2, 0) is 10.1 Å². The Bertz CT molecular complexity index is 691. The van der Waals surface area contributed by atoms with E-state index in [-0.39, 0.29) is 10.6 Å². The molecule has 2 aromatic rings. The SMILES string of the molecule is Cc1ccc(S(=O)(=O)Oc2ccc(C)c(F)c2)cc1. The molecule has 0 aliphatic carbocycles. The summed E-state index contributed by atoms with van der Waals surface area (Å²) < 4.78 is 42.2. The summed E-state index contributed by atoms with van der Waals surface area (Å²) in [6.07, 6.45) is 0. The van der Waals surface area contributed by atoms with E-state index in [0.717, 1.165) is 11.6 Å². The van der Waals surface area contributed by atoms with Crippen LogP contribution in [0.5, 0.6) is 5.75 Å². The summed E-state index contributed by atoms with van der Waals surface area (Å²) in [6, 6.07) is 10.2. The van der Waals surface area contributed by atoms with Gasteiger partial charge in [-0.05, 0) is 37.6 Å². The highest BCUT2D eigenvalue weighted by Gasteiger charge is 2.16. The zero-order chi connectivity index (χ0) is 14.0. The van der Waals surface area contributed by atoms with E-state index >= 15 is 0 Å². The Hall–Kier alpha value is -1.88. The smallest absolute Gasteiger partial charge is 0.339 e. The average molecular weight is 280 g/mol. The standard InChI is InChI=1S/C14H13FO3S/c1-10-3-7-13(8-4-10)19(16,17)18-12-6-5-11(2)14(15)9-12/h3-9H,1-2H3. The first-order valence-corrected chi connectivity index (χ1v) is 7.06. The molecular weight excluding hydrogens is 267 g/mol. The molecule has 0 saturated carbocycles. The Kier molecular flexibility index (Phi) is 3.57. The third kappa shape index (κ3) is 3.12. The van der Waals surface area contributed by atoms with Crippen LogP contribution in [-0.4, -0.2) is 8.42 Å². The molecule has 2 aromatic carbocycles. The monoisotopic (exact) mass is 280 g/mol. The first-order valence-electron chi connectivity index (χ1n) is 5.66. The zero-order valence-corrected chi connectivity index (χ0v) is 11.4. The van der Waals surface area contributed by atoms with Gasteiger partial charge in [-0.2, -0.15) is 8.42 Å². The van der Waals surface area contributed by atoms with Gasteiger partial charge in [-0.1, -0.05) is 23.8 Å². The summed E-state index contributed by atoms with van der Waals surface area (Å²) >= 11 is 0. The van der Waals surface area contributed by atoms with Crippen LogP contribution in [0.3, 0.4) is 0 Å². The number of halogens is 1. The predicted molar refractivity (Wildman–Crippen MR) is 70.1 cm³/mol. The van der Waals surface area contributed by atoms with Crippen LogP contribution in [0.15, 0.2) is 47.4 Å². The molecule has 0 atom stereocenters. The second-order valence-electron chi connectivity index (χ2n) is 4.26. The van der Waals surface area contributed by atoms with Crippen molar-refractivity contribution in [1.82, 2.24) is 0 Å². The van der Waals surface area contributed by atoms with Crippen LogP contribution in [0.4, 0.5) is 4.39 Å². The van der Waals surface area contributed by atoms with Crippen LogP contribution in [0, 0.1) is 19.7 Å². The minimum absolute atomic E-state index is 0.0383. The minimum Gasteiger partial charge on any atom is -0.379 e. The van der Waals surface area contributed by atoms with Gasteiger partial charge in [0.15, 0.2) is 0 Å². The van der Waals surface area contributed by atoms with Gasteiger partial charge in [-0.25, -0.2) is 4.39 Å². The number of hydrogen-bond donors (Lipinski definition) is 0. The van der Waals surface area contributed by atoms with E-state index < -0.39 is 15.9 Å². The second-order valence-corrected chi connectivity index (χ2v) is 5.81. The zero-order valence-electron chi connectivity index (χ0n) is 10.6. The number of aryl methyl sites for hydroxylation is 2. The summed E-state index contributed by atoms with van der Waals surface area (Å²) in [5.74, 6) is -0.541. The lowest BCUT2D eigenvalue weighted by molar-refractivity contribution is 0.483. The molecule has 0 heterocycles. The average Bonchev–Trinajstić information content (AvgIpc) is 2.34. The quantitative estimate of drug-likeness (QED) is 0.811. The molecule has 0 fully saturated rings. The van der Waals surface area contributed by atoms with Crippen molar-refractivity contribution in [2.75, 3.05) is 0 Å². The molecule has 0 amide bonds. The fraction of sp³-hybridized carbons (Fsp3) is 0.143. The van der Waals surface area contributed by atoms with Crippen molar-refractivity contribution >= 4 is 10.1 Å². The van der Waals surface area contributed by atoms with E-state index in [2.05, 4.69) is 0 Å². The van der Waals surface area contributed by atoms with Crippen molar-refractivity contribution in [3.05, 3.63) is 59.4 Å². The summed E-state index contributed by atoms with van der Waals surface area (Å²) in [6.45, 7) is 3.44.